The number of hydrogen-bond acceptors (Lipinski definition) is 7. The fraction of sp³-hybridized carbons (Fsp3) is 0.548. The van der Waals surface area contributed by atoms with E-state index in [1.165, 1.54) is 6.92 Å². The van der Waals surface area contributed by atoms with Gasteiger partial charge in [0.05, 0.1) is 11.7 Å². The second-order valence-corrected chi connectivity index (χ2v) is 13.3. The van der Waals surface area contributed by atoms with Crippen molar-refractivity contribution in [1.82, 2.24) is 0 Å². The first-order chi connectivity index (χ1) is 18.3. The van der Waals surface area contributed by atoms with Gasteiger partial charge in [0.2, 0.25) is 5.78 Å². The highest BCUT2D eigenvalue weighted by atomic mass is 79.9. The molecule has 4 aliphatic carbocycles. The molecule has 0 saturated heterocycles. The molecule has 0 heterocycles. The lowest BCUT2D eigenvalue weighted by Gasteiger charge is -2.61. The quantitative estimate of drug-likeness (QED) is 0.389. The maximum Gasteiger partial charge on any atom is 0.339 e. The van der Waals surface area contributed by atoms with Gasteiger partial charge in [0.25, 0.3) is 0 Å². The third kappa shape index (κ3) is 4.17. The Hall–Kier alpha value is -2.58. The van der Waals surface area contributed by atoms with Gasteiger partial charge in [-0.25, -0.2) is 4.79 Å². The number of aliphatic hydroxyl groups is 1. The van der Waals surface area contributed by atoms with Crippen LogP contribution in [-0.2, 0) is 23.9 Å². The molecule has 0 aromatic heterocycles. The van der Waals surface area contributed by atoms with Gasteiger partial charge < -0.3 is 14.6 Å². The van der Waals surface area contributed by atoms with Crippen LogP contribution in [0.1, 0.15) is 57.3 Å². The summed E-state index contributed by atoms with van der Waals surface area (Å²) in [6.07, 6.45) is 5.84. The number of carbonyl (C=O) groups is 4. The molecule has 1 aromatic rings. The van der Waals surface area contributed by atoms with Gasteiger partial charge in [-0.05, 0) is 55.4 Å². The monoisotopic (exact) mass is 598 g/mol. The van der Waals surface area contributed by atoms with Crippen molar-refractivity contribution >= 4 is 39.4 Å². The summed E-state index contributed by atoms with van der Waals surface area (Å²) in [5, 5.41) is 11.9. The Bertz CT molecular complexity index is 1270. The van der Waals surface area contributed by atoms with E-state index in [9.17, 15) is 24.3 Å². The van der Waals surface area contributed by atoms with Crippen molar-refractivity contribution in [3.05, 3.63) is 59.7 Å². The van der Waals surface area contributed by atoms with Crippen LogP contribution in [0.2, 0.25) is 0 Å². The Labute approximate surface area is 237 Å². The normalized spacial score (nSPS) is 40.6. The number of halogens is 1. The second-order valence-electron chi connectivity index (χ2n) is 12.1. The maximum atomic E-state index is 14.1. The molecule has 4 aliphatic rings. The van der Waals surface area contributed by atoms with Crippen LogP contribution >= 0.6 is 15.9 Å². The van der Waals surface area contributed by atoms with E-state index in [1.807, 2.05) is 19.9 Å². The van der Waals surface area contributed by atoms with Crippen molar-refractivity contribution in [3.8, 4) is 0 Å². The predicted molar refractivity (Wildman–Crippen MR) is 147 cm³/mol. The van der Waals surface area contributed by atoms with E-state index < -0.39 is 46.9 Å². The molecule has 3 saturated carbocycles. The lowest BCUT2D eigenvalue weighted by molar-refractivity contribution is -0.186. The Morgan fingerprint density at radius 1 is 1.15 bits per heavy atom. The van der Waals surface area contributed by atoms with E-state index in [4.69, 9.17) is 9.47 Å². The van der Waals surface area contributed by atoms with Crippen LogP contribution in [0.25, 0.3) is 0 Å². The van der Waals surface area contributed by atoms with Crippen molar-refractivity contribution in [2.75, 3.05) is 6.61 Å². The summed E-state index contributed by atoms with van der Waals surface area (Å²) < 4.78 is 11.4. The standard InChI is InChI=1S/C31H35BrO7/c1-17-12-22-26-23(32)14-20-13-21(34)10-11-29(20,3)27(26)24(35)15-30(22,4)31(17,25(36)16-38-18(2)33)39-28(37)19-8-6-5-7-9-19/h5-11,13,17,22-24,26-27,35H,12,14-16H2,1-4H3/t17?,22-,23?,24?,26+,27-,29-,30-,31-/m0/s1. The number of esters is 2. The van der Waals surface area contributed by atoms with Gasteiger partial charge in [0.15, 0.2) is 18.0 Å². The topological polar surface area (TPSA) is 107 Å². The van der Waals surface area contributed by atoms with Crippen molar-refractivity contribution in [3.63, 3.8) is 0 Å². The molecule has 9 atom stereocenters. The van der Waals surface area contributed by atoms with Gasteiger partial charge in [0.1, 0.15) is 0 Å². The molecule has 5 rings (SSSR count). The number of fused-ring (bicyclic) bond motifs is 5. The first-order valence-electron chi connectivity index (χ1n) is 13.6. The summed E-state index contributed by atoms with van der Waals surface area (Å²) in [7, 11) is 0. The minimum atomic E-state index is -1.60. The fourth-order valence-electron chi connectivity index (χ4n) is 8.48. The number of hydrogen-bond donors (Lipinski definition) is 1. The smallest absolute Gasteiger partial charge is 0.339 e. The van der Waals surface area contributed by atoms with Gasteiger partial charge >= 0.3 is 11.9 Å². The van der Waals surface area contributed by atoms with Crippen LogP contribution in [0.15, 0.2) is 54.1 Å². The van der Waals surface area contributed by atoms with E-state index in [2.05, 4.69) is 22.9 Å². The molecule has 0 aliphatic heterocycles. The first kappa shape index (κ1) is 28.0. The number of carbonyl (C=O) groups excluding carboxylic acids is 4. The molecular weight excluding hydrogens is 564 g/mol. The molecule has 3 fully saturated rings. The lowest BCUT2D eigenvalue weighted by Crippen LogP contribution is -2.65. The Morgan fingerprint density at radius 2 is 1.85 bits per heavy atom. The Kier molecular flexibility index (Phi) is 7.03. The molecule has 0 bridgehead atoms. The SMILES string of the molecule is CC(=O)OCC(=O)[C@@]1(OC(=O)c2ccccc2)C(C)C[C@H]2[C@@H]3C(Br)CC4=CC(=O)C=C[C@]4(C)[C@H]3C(O)C[C@@]21C. The van der Waals surface area contributed by atoms with E-state index in [-0.39, 0.29) is 40.7 Å². The number of ketones is 2. The zero-order chi connectivity index (χ0) is 28.3. The van der Waals surface area contributed by atoms with Gasteiger partial charge in [-0.2, -0.15) is 0 Å². The molecule has 1 aromatic carbocycles. The molecule has 0 amide bonds. The lowest BCUT2D eigenvalue weighted by atomic mass is 9.46. The van der Waals surface area contributed by atoms with Gasteiger partial charge in [-0.15, -0.1) is 0 Å². The van der Waals surface area contributed by atoms with E-state index >= 15 is 0 Å². The number of allylic oxidation sites excluding steroid dienone is 4. The van der Waals surface area contributed by atoms with Gasteiger partial charge in [-0.1, -0.05) is 66.5 Å². The van der Waals surface area contributed by atoms with Crippen LogP contribution in [0, 0.1) is 34.5 Å². The number of benzene rings is 1. The van der Waals surface area contributed by atoms with E-state index in [0.717, 1.165) is 5.57 Å². The van der Waals surface area contributed by atoms with Crippen molar-refractivity contribution in [2.24, 2.45) is 34.5 Å². The molecule has 39 heavy (non-hydrogen) atoms. The van der Waals surface area contributed by atoms with Crippen molar-refractivity contribution in [2.45, 2.75) is 63.5 Å². The van der Waals surface area contributed by atoms with E-state index in [1.54, 1.807) is 42.5 Å². The third-order valence-corrected chi connectivity index (χ3v) is 11.0. The molecule has 7 nitrogen and oxygen atoms in total. The van der Waals surface area contributed by atoms with Crippen LogP contribution in [0.5, 0.6) is 0 Å². The molecule has 0 spiro atoms. The van der Waals surface area contributed by atoms with Crippen LogP contribution in [0.3, 0.4) is 0 Å². The summed E-state index contributed by atoms with van der Waals surface area (Å²) >= 11 is 3.91. The molecule has 8 heteroatoms. The van der Waals surface area contributed by atoms with Crippen molar-refractivity contribution < 1.29 is 33.8 Å². The van der Waals surface area contributed by atoms with Gasteiger partial charge in [-0.3, -0.25) is 14.4 Å². The van der Waals surface area contributed by atoms with E-state index in [0.29, 0.717) is 18.4 Å². The zero-order valence-electron chi connectivity index (χ0n) is 22.7. The highest BCUT2D eigenvalue weighted by molar-refractivity contribution is 9.09. The van der Waals surface area contributed by atoms with Crippen LogP contribution < -0.4 is 0 Å². The minimum Gasteiger partial charge on any atom is -0.458 e. The van der Waals surface area contributed by atoms with Crippen molar-refractivity contribution in [1.29, 1.82) is 0 Å². The van der Waals surface area contributed by atoms with Crippen LogP contribution in [-0.4, -0.2) is 51.8 Å². The third-order valence-electron chi connectivity index (χ3n) is 10.1. The highest BCUT2D eigenvalue weighted by Gasteiger charge is 2.73. The average Bonchev–Trinajstić information content (AvgIpc) is 3.10. The van der Waals surface area contributed by atoms with Crippen LogP contribution in [0.4, 0.5) is 0 Å². The summed E-state index contributed by atoms with van der Waals surface area (Å²) in [4.78, 5) is 51.4. The summed E-state index contributed by atoms with van der Waals surface area (Å²) in [6, 6.07) is 8.53. The number of alkyl halides is 1. The molecular formula is C31H35BrO7. The second kappa shape index (κ2) is 9.81. The number of ether oxygens (including phenoxy) is 2. The average molecular weight is 600 g/mol. The largest absolute Gasteiger partial charge is 0.458 e. The van der Waals surface area contributed by atoms with Gasteiger partial charge in [0, 0.05) is 34.4 Å². The minimum absolute atomic E-state index is 0.0446. The number of Topliss-reactive ketones (excluding diaryl/α,β-unsaturated/α-hetero) is 1. The summed E-state index contributed by atoms with van der Waals surface area (Å²) in [5.74, 6) is -2.46. The molecule has 1 N–H and O–H groups in total. The number of rotatable bonds is 5. The first-order valence-corrected chi connectivity index (χ1v) is 14.5. The Morgan fingerprint density at radius 3 is 2.51 bits per heavy atom. The summed E-state index contributed by atoms with van der Waals surface area (Å²) in [5.41, 5.74) is -1.71. The number of aliphatic hydroxyl groups excluding tert-OH is 1. The highest BCUT2D eigenvalue weighted by Crippen LogP contribution is 2.70. The summed E-state index contributed by atoms with van der Waals surface area (Å²) in [6.45, 7) is 6.66. The maximum absolute atomic E-state index is 14.1. The Balaban J connectivity index is 1.60. The molecule has 208 valence electrons. The molecule has 0 radical (unpaired) electrons. The predicted octanol–water partition coefficient (Wildman–Crippen LogP) is 4.61. The zero-order valence-corrected chi connectivity index (χ0v) is 24.3. The molecule has 3 unspecified atom stereocenters. The fourth-order valence-corrected chi connectivity index (χ4v) is 9.53.